The molecular weight excluding hydrogens is 256 g/mol. The molecule has 2 saturated carbocycles. The second-order valence-electron chi connectivity index (χ2n) is 6.35. The van der Waals surface area contributed by atoms with Gasteiger partial charge in [-0.15, -0.1) is 0 Å². The summed E-state index contributed by atoms with van der Waals surface area (Å²) >= 11 is 0. The van der Waals surface area contributed by atoms with E-state index in [1.807, 2.05) is 6.92 Å². The van der Waals surface area contributed by atoms with Gasteiger partial charge in [-0.1, -0.05) is 19.8 Å². The molecule has 2 aliphatic carbocycles. The Labute approximate surface area is 119 Å². The van der Waals surface area contributed by atoms with Gasteiger partial charge in [0.05, 0.1) is 0 Å². The topological polar surface area (TPSA) is 12.0 Å². The Morgan fingerprint density at radius 1 is 1.15 bits per heavy atom. The second-order valence-corrected chi connectivity index (χ2v) is 6.35. The standard InChI is InChI=1S/C17H23F2N/c1-3-20-17(16-11-6-4-5-7-12(11)16)13-9-14(18)10(2)8-15(13)19/h8-9,11-12,16-17,20H,3-7H2,1-2H3. The van der Waals surface area contributed by atoms with Gasteiger partial charge >= 0.3 is 0 Å². The third-order valence-electron chi connectivity index (χ3n) is 5.14. The Morgan fingerprint density at radius 3 is 2.40 bits per heavy atom. The van der Waals surface area contributed by atoms with Gasteiger partial charge in [0.15, 0.2) is 0 Å². The smallest absolute Gasteiger partial charge is 0.128 e. The molecule has 2 aliphatic rings. The van der Waals surface area contributed by atoms with Crippen molar-refractivity contribution in [1.29, 1.82) is 0 Å². The molecule has 1 aromatic rings. The van der Waals surface area contributed by atoms with Crippen LogP contribution in [0.25, 0.3) is 0 Å². The van der Waals surface area contributed by atoms with Gasteiger partial charge in [-0.05, 0) is 61.8 Å². The third kappa shape index (κ3) is 2.37. The molecule has 0 saturated heterocycles. The van der Waals surface area contributed by atoms with E-state index in [9.17, 15) is 8.78 Å². The van der Waals surface area contributed by atoms with Crippen LogP contribution >= 0.6 is 0 Å². The first kappa shape index (κ1) is 14.0. The Kier molecular flexibility index (Phi) is 3.80. The maximum absolute atomic E-state index is 14.3. The van der Waals surface area contributed by atoms with Crippen LogP contribution in [0.1, 0.15) is 49.8 Å². The molecule has 3 atom stereocenters. The van der Waals surface area contributed by atoms with Crippen LogP contribution in [-0.2, 0) is 0 Å². The van der Waals surface area contributed by atoms with Crippen LogP contribution in [0.15, 0.2) is 12.1 Å². The highest BCUT2D eigenvalue weighted by molar-refractivity contribution is 5.30. The molecule has 0 spiro atoms. The molecule has 0 aliphatic heterocycles. The highest BCUT2D eigenvalue weighted by Crippen LogP contribution is 2.60. The predicted molar refractivity (Wildman–Crippen MR) is 76.5 cm³/mol. The fourth-order valence-corrected chi connectivity index (χ4v) is 4.12. The lowest BCUT2D eigenvalue weighted by Crippen LogP contribution is -2.25. The van der Waals surface area contributed by atoms with Crippen molar-refractivity contribution in [3.8, 4) is 0 Å². The van der Waals surface area contributed by atoms with E-state index in [-0.39, 0.29) is 17.7 Å². The van der Waals surface area contributed by atoms with E-state index in [1.165, 1.54) is 37.8 Å². The molecule has 0 heterocycles. The molecule has 110 valence electrons. The lowest BCUT2D eigenvalue weighted by Gasteiger charge is -2.20. The minimum atomic E-state index is -0.298. The lowest BCUT2D eigenvalue weighted by molar-refractivity contribution is 0.433. The summed E-state index contributed by atoms with van der Waals surface area (Å²) in [7, 11) is 0. The van der Waals surface area contributed by atoms with Crippen LogP contribution < -0.4 is 5.32 Å². The minimum absolute atomic E-state index is 0.0248. The van der Waals surface area contributed by atoms with Crippen molar-refractivity contribution < 1.29 is 8.78 Å². The number of hydrogen-bond acceptors (Lipinski definition) is 1. The van der Waals surface area contributed by atoms with Gasteiger partial charge in [-0.2, -0.15) is 0 Å². The van der Waals surface area contributed by atoms with Crippen molar-refractivity contribution in [2.75, 3.05) is 6.54 Å². The number of fused-ring (bicyclic) bond motifs is 1. The molecule has 3 heteroatoms. The maximum Gasteiger partial charge on any atom is 0.128 e. The molecule has 20 heavy (non-hydrogen) atoms. The van der Waals surface area contributed by atoms with Crippen molar-refractivity contribution >= 4 is 0 Å². The van der Waals surface area contributed by atoms with Crippen LogP contribution in [0.2, 0.25) is 0 Å². The fourth-order valence-electron chi connectivity index (χ4n) is 4.12. The van der Waals surface area contributed by atoms with Gasteiger partial charge in [0.25, 0.3) is 0 Å². The van der Waals surface area contributed by atoms with Gasteiger partial charge in [0.1, 0.15) is 11.6 Å². The molecule has 1 nitrogen and oxygen atoms in total. The number of rotatable bonds is 4. The number of nitrogens with one attached hydrogen (secondary N) is 1. The number of halogens is 2. The molecule has 2 fully saturated rings. The van der Waals surface area contributed by atoms with Gasteiger partial charge < -0.3 is 5.32 Å². The Bertz CT molecular complexity index is 488. The first-order chi connectivity index (χ1) is 9.63. The summed E-state index contributed by atoms with van der Waals surface area (Å²) in [4.78, 5) is 0. The lowest BCUT2D eigenvalue weighted by atomic mass is 9.97. The highest BCUT2D eigenvalue weighted by Gasteiger charge is 2.54. The minimum Gasteiger partial charge on any atom is -0.310 e. The maximum atomic E-state index is 14.3. The number of hydrogen-bond donors (Lipinski definition) is 1. The Hall–Kier alpha value is -0.960. The molecule has 0 bridgehead atoms. The average Bonchev–Trinajstić information content (AvgIpc) is 3.15. The van der Waals surface area contributed by atoms with Crippen molar-refractivity contribution in [2.45, 2.75) is 45.6 Å². The Balaban J connectivity index is 1.89. The number of benzene rings is 1. The van der Waals surface area contributed by atoms with Crippen molar-refractivity contribution in [2.24, 2.45) is 17.8 Å². The second kappa shape index (κ2) is 5.44. The SMILES string of the molecule is CCNC(c1cc(F)c(C)cc1F)C1C2CCCCC21. The fraction of sp³-hybridized carbons (Fsp3) is 0.647. The predicted octanol–water partition coefficient (Wildman–Crippen LogP) is 4.36. The summed E-state index contributed by atoms with van der Waals surface area (Å²) < 4.78 is 28.1. The molecular formula is C17H23F2N. The van der Waals surface area contributed by atoms with E-state index >= 15 is 0 Å². The van der Waals surface area contributed by atoms with E-state index < -0.39 is 0 Å². The largest absolute Gasteiger partial charge is 0.310 e. The van der Waals surface area contributed by atoms with Gasteiger partial charge in [-0.3, -0.25) is 0 Å². The monoisotopic (exact) mass is 279 g/mol. The summed E-state index contributed by atoms with van der Waals surface area (Å²) in [6.07, 6.45) is 5.10. The Morgan fingerprint density at radius 2 is 1.80 bits per heavy atom. The number of aryl methyl sites for hydroxylation is 1. The summed E-state index contributed by atoms with van der Waals surface area (Å²) in [6.45, 7) is 4.43. The van der Waals surface area contributed by atoms with Gasteiger partial charge in [-0.25, -0.2) is 8.78 Å². The van der Waals surface area contributed by atoms with Crippen molar-refractivity contribution in [3.63, 3.8) is 0 Å². The van der Waals surface area contributed by atoms with Crippen LogP contribution in [0.5, 0.6) is 0 Å². The third-order valence-corrected chi connectivity index (χ3v) is 5.14. The summed E-state index contributed by atoms with van der Waals surface area (Å²) in [5, 5.41) is 3.40. The average molecular weight is 279 g/mol. The molecule has 0 radical (unpaired) electrons. The highest BCUT2D eigenvalue weighted by atomic mass is 19.1. The molecule has 3 unspecified atom stereocenters. The van der Waals surface area contributed by atoms with Crippen LogP contribution in [-0.4, -0.2) is 6.54 Å². The molecule has 3 rings (SSSR count). The van der Waals surface area contributed by atoms with Crippen molar-refractivity contribution in [3.05, 3.63) is 34.9 Å². The van der Waals surface area contributed by atoms with E-state index in [2.05, 4.69) is 5.32 Å². The zero-order valence-corrected chi connectivity index (χ0v) is 12.3. The van der Waals surface area contributed by atoms with Crippen LogP contribution in [0.3, 0.4) is 0 Å². The van der Waals surface area contributed by atoms with E-state index in [1.54, 1.807) is 6.92 Å². The molecule has 0 aromatic heterocycles. The summed E-state index contributed by atoms with van der Waals surface area (Å²) in [5.41, 5.74) is 0.907. The first-order valence-electron chi connectivity index (χ1n) is 7.82. The van der Waals surface area contributed by atoms with Gasteiger partial charge in [0, 0.05) is 11.6 Å². The normalized spacial score (nSPS) is 29.9. The van der Waals surface area contributed by atoms with Crippen molar-refractivity contribution in [1.82, 2.24) is 5.32 Å². The van der Waals surface area contributed by atoms with Gasteiger partial charge in [0.2, 0.25) is 0 Å². The van der Waals surface area contributed by atoms with E-state index in [4.69, 9.17) is 0 Å². The quantitative estimate of drug-likeness (QED) is 0.863. The zero-order valence-electron chi connectivity index (χ0n) is 12.3. The summed E-state index contributed by atoms with van der Waals surface area (Å²) in [6, 6.07) is 2.71. The van der Waals surface area contributed by atoms with E-state index in [0.717, 1.165) is 18.4 Å². The molecule has 1 aromatic carbocycles. The molecule has 0 amide bonds. The van der Waals surface area contributed by atoms with E-state index in [0.29, 0.717) is 17.0 Å². The first-order valence-corrected chi connectivity index (χ1v) is 7.82. The summed E-state index contributed by atoms with van der Waals surface area (Å²) in [5.74, 6) is 1.37. The zero-order chi connectivity index (χ0) is 14.3. The van der Waals surface area contributed by atoms with Crippen LogP contribution in [0, 0.1) is 36.3 Å². The molecule has 1 N–H and O–H groups in total. The van der Waals surface area contributed by atoms with Crippen LogP contribution in [0.4, 0.5) is 8.78 Å².